The number of nitrogens with one attached hydrogen (secondary N) is 1. The highest BCUT2D eigenvalue weighted by molar-refractivity contribution is 5.76. The summed E-state index contributed by atoms with van der Waals surface area (Å²) >= 11 is 0. The summed E-state index contributed by atoms with van der Waals surface area (Å²) < 4.78 is 5.42. The van der Waals surface area contributed by atoms with Gasteiger partial charge in [0.05, 0.1) is 25.4 Å². The average molecular weight is 804 g/mol. The zero-order valence-electron chi connectivity index (χ0n) is 38.1. The molecule has 57 heavy (non-hydrogen) atoms. The first kappa shape index (κ1) is 55.3. The average Bonchev–Trinajstić information content (AvgIpc) is 3.21. The zero-order valence-corrected chi connectivity index (χ0v) is 38.1. The summed E-state index contributed by atoms with van der Waals surface area (Å²) in [6.07, 6.45) is 54.3. The van der Waals surface area contributed by atoms with Crippen molar-refractivity contribution in [1.82, 2.24) is 5.32 Å². The van der Waals surface area contributed by atoms with Crippen molar-refractivity contribution in [1.29, 1.82) is 0 Å². The Kier molecular flexibility index (Phi) is 45.7. The van der Waals surface area contributed by atoms with Crippen LogP contribution >= 0.6 is 0 Å². The number of carbonyl (C=O) groups is 2. The summed E-state index contributed by atoms with van der Waals surface area (Å²) in [5, 5.41) is 23.2. The maximum Gasteiger partial charge on any atom is 0.305 e. The highest BCUT2D eigenvalue weighted by atomic mass is 16.5. The van der Waals surface area contributed by atoms with Crippen LogP contribution in [0.15, 0.2) is 24.3 Å². The van der Waals surface area contributed by atoms with Crippen molar-refractivity contribution in [3.8, 4) is 0 Å². The van der Waals surface area contributed by atoms with E-state index in [0.29, 0.717) is 25.9 Å². The van der Waals surface area contributed by atoms with Crippen molar-refractivity contribution in [2.24, 2.45) is 0 Å². The molecule has 0 aliphatic heterocycles. The minimum absolute atomic E-state index is 0.0448. The molecule has 1 amide bonds. The topological polar surface area (TPSA) is 95.9 Å². The lowest BCUT2D eigenvalue weighted by atomic mass is 10.0. The highest BCUT2D eigenvalue weighted by Gasteiger charge is 2.20. The van der Waals surface area contributed by atoms with Crippen LogP contribution in [0.2, 0.25) is 0 Å². The number of aliphatic hydroxyl groups excluding tert-OH is 2. The first-order valence-electron chi connectivity index (χ1n) is 25.1. The first-order valence-corrected chi connectivity index (χ1v) is 25.1. The third-order valence-corrected chi connectivity index (χ3v) is 11.5. The van der Waals surface area contributed by atoms with Gasteiger partial charge in [-0.1, -0.05) is 205 Å². The molecule has 0 bridgehead atoms. The van der Waals surface area contributed by atoms with Crippen LogP contribution < -0.4 is 5.32 Å². The lowest BCUT2D eigenvalue weighted by molar-refractivity contribution is -0.143. The maximum atomic E-state index is 12.4. The van der Waals surface area contributed by atoms with Gasteiger partial charge in [0, 0.05) is 12.8 Å². The second kappa shape index (κ2) is 47.0. The molecule has 0 radical (unpaired) electrons. The molecule has 3 N–H and O–H groups in total. The number of amides is 1. The molecule has 0 aromatic carbocycles. The number of aliphatic hydroxyl groups is 2. The van der Waals surface area contributed by atoms with E-state index in [2.05, 4.69) is 43.5 Å². The number of carbonyl (C=O) groups excluding carboxylic acids is 2. The quantitative estimate of drug-likeness (QED) is 0.0324. The predicted octanol–water partition coefficient (Wildman–Crippen LogP) is 14.7. The van der Waals surface area contributed by atoms with Crippen LogP contribution in [-0.2, 0) is 14.3 Å². The van der Waals surface area contributed by atoms with Crippen LogP contribution in [-0.4, -0.2) is 47.4 Å². The number of esters is 1. The second-order valence-corrected chi connectivity index (χ2v) is 17.1. The molecule has 6 nitrogen and oxygen atoms in total. The fraction of sp³-hybridized carbons (Fsp3) is 0.882. The fourth-order valence-electron chi connectivity index (χ4n) is 7.58. The molecule has 0 fully saturated rings. The Bertz CT molecular complexity index is 889. The van der Waals surface area contributed by atoms with Gasteiger partial charge in [0.1, 0.15) is 0 Å². The number of hydrogen-bond donors (Lipinski definition) is 3. The molecule has 0 aromatic rings. The van der Waals surface area contributed by atoms with E-state index in [-0.39, 0.29) is 18.5 Å². The Morgan fingerprint density at radius 1 is 0.474 bits per heavy atom. The van der Waals surface area contributed by atoms with Crippen molar-refractivity contribution >= 4 is 11.9 Å². The van der Waals surface area contributed by atoms with E-state index in [0.717, 1.165) is 70.6 Å². The maximum absolute atomic E-state index is 12.4. The van der Waals surface area contributed by atoms with Gasteiger partial charge in [0.25, 0.3) is 0 Å². The van der Waals surface area contributed by atoms with E-state index < -0.39 is 12.1 Å². The van der Waals surface area contributed by atoms with Crippen molar-refractivity contribution in [2.75, 3.05) is 13.2 Å². The van der Waals surface area contributed by atoms with Gasteiger partial charge in [-0.25, -0.2) is 0 Å². The summed E-state index contributed by atoms with van der Waals surface area (Å²) in [6.45, 7) is 4.84. The predicted molar refractivity (Wildman–Crippen MR) is 246 cm³/mol. The lowest BCUT2D eigenvalue weighted by Crippen LogP contribution is -2.45. The van der Waals surface area contributed by atoms with Crippen LogP contribution in [0.4, 0.5) is 0 Å². The Balaban J connectivity index is 3.55. The summed E-state index contributed by atoms with van der Waals surface area (Å²) in [6, 6.07) is -0.579. The van der Waals surface area contributed by atoms with Crippen LogP contribution in [0, 0.1) is 0 Å². The summed E-state index contributed by atoms with van der Waals surface area (Å²) in [7, 11) is 0. The van der Waals surface area contributed by atoms with Gasteiger partial charge in [-0.05, 0) is 70.6 Å². The fourth-order valence-corrected chi connectivity index (χ4v) is 7.58. The minimum atomic E-state index is -0.695. The van der Waals surface area contributed by atoms with E-state index >= 15 is 0 Å². The molecular weight excluding hydrogens is 707 g/mol. The van der Waals surface area contributed by atoms with Crippen LogP contribution in [0.25, 0.3) is 0 Å². The van der Waals surface area contributed by atoms with Gasteiger partial charge in [-0.15, -0.1) is 0 Å². The first-order chi connectivity index (χ1) is 28.0. The Morgan fingerprint density at radius 3 is 1.30 bits per heavy atom. The molecule has 6 heteroatoms. The molecule has 0 rings (SSSR count). The van der Waals surface area contributed by atoms with E-state index in [4.69, 9.17) is 4.74 Å². The van der Waals surface area contributed by atoms with Crippen molar-refractivity contribution in [2.45, 2.75) is 276 Å². The van der Waals surface area contributed by atoms with Gasteiger partial charge in [-0.3, -0.25) is 9.59 Å². The highest BCUT2D eigenvalue weighted by Crippen LogP contribution is 2.16. The smallest absolute Gasteiger partial charge is 0.305 e. The number of unbranched alkanes of at least 4 members (excludes halogenated alkanes) is 31. The Labute approximate surface area is 354 Å². The number of hydrogen-bond acceptors (Lipinski definition) is 5. The van der Waals surface area contributed by atoms with Gasteiger partial charge < -0.3 is 20.3 Å². The summed E-state index contributed by atoms with van der Waals surface area (Å²) in [5.41, 5.74) is 0. The molecule has 0 spiro atoms. The third-order valence-electron chi connectivity index (χ3n) is 11.5. The van der Waals surface area contributed by atoms with Crippen molar-refractivity contribution in [3.05, 3.63) is 24.3 Å². The van der Waals surface area contributed by atoms with E-state index in [1.807, 2.05) is 0 Å². The molecule has 2 atom stereocenters. The summed E-state index contributed by atoms with van der Waals surface area (Å²) in [5.74, 6) is -0.140. The molecule has 0 saturated carbocycles. The standard InChI is InChI=1S/C51H97NO5/c1-3-5-7-9-11-13-15-17-18-19-20-21-23-24-27-31-35-39-43-49(54)48(47-53)52-50(55)44-40-36-32-28-26-30-34-38-42-46-57-51(56)45-41-37-33-29-25-22-16-14-12-10-8-6-4-2/h14,16,28,32,48-49,53-54H,3-13,15,17-27,29-31,33-47H2,1-2H3,(H,52,55)/b16-14-,32-28-. The molecule has 2 unspecified atom stereocenters. The second-order valence-electron chi connectivity index (χ2n) is 17.1. The van der Waals surface area contributed by atoms with Crippen LogP contribution in [0.3, 0.4) is 0 Å². The molecule has 0 aliphatic rings. The number of rotatable bonds is 46. The molecule has 0 saturated heterocycles. The van der Waals surface area contributed by atoms with Gasteiger partial charge in [0.15, 0.2) is 0 Å². The number of allylic oxidation sites excluding steroid dienone is 4. The minimum Gasteiger partial charge on any atom is -0.466 e. The number of ether oxygens (including phenoxy) is 1. The molecular formula is C51H97NO5. The lowest BCUT2D eigenvalue weighted by Gasteiger charge is -2.22. The van der Waals surface area contributed by atoms with E-state index in [1.54, 1.807) is 0 Å². The van der Waals surface area contributed by atoms with Gasteiger partial charge >= 0.3 is 5.97 Å². The SMILES string of the molecule is CCCCCC/C=C\CCCCCCCC(=O)OCCCCCC/C=C\CCCC(=O)NC(CO)C(O)CCCCCCCCCCCCCCCCCCCC. The van der Waals surface area contributed by atoms with E-state index in [1.165, 1.54) is 161 Å². The van der Waals surface area contributed by atoms with Crippen LogP contribution in [0.5, 0.6) is 0 Å². The third kappa shape index (κ3) is 43.7. The van der Waals surface area contributed by atoms with Crippen molar-refractivity contribution in [3.63, 3.8) is 0 Å². The van der Waals surface area contributed by atoms with Crippen LogP contribution in [0.1, 0.15) is 264 Å². The van der Waals surface area contributed by atoms with Crippen molar-refractivity contribution < 1.29 is 24.5 Å². The Morgan fingerprint density at radius 2 is 0.842 bits per heavy atom. The zero-order chi connectivity index (χ0) is 41.5. The van der Waals surface area contributed by atoms with Gasteiger partial charge in [-0.2, -0.15) is 0 Å². The molecule has 0 aromatic heterocycles. The molecule has 0 heterocycles. The van der Waals surface area contributed by atoms with Gasteiger partial charge in [0.2, 0.25) is 5.91 Å². The monoisotopic (exact) mass is 804 g/mol. The molecule has 336 valence electrons. The molecule has 0 aliphatic carbocycles. The Hall–Kier alpha value is -1.66. The summed E-state index contributed by atoms with van der Waals surface area (Å²) in [4.78, 5) is 24.4. The largest absolute Gasteiger partial charge is 0.466 e. The van der Waals surface area contributed by atoms with E-state index in [9.17, 15) is 19.8 Å². The normalized spacial score (nSPS) is 12.8.